The van der Waals surface area contributed by atoms with Gasteiger partial charge in [-0.25, -0.2) is 0 Å². The van der Waals surface area contributed by atoms with Crippen LogP contribution in [-0.2, 0) is 5.41 Å². The quantitative estimate of drug-likeness (QED) is 0.780. The zero-order valence-electron chi connectivity index (χ0n) is 9.29. The Labute approximate surface area is 109 Å². The van der Waals surface area contributed by atoms with Crippen molar-refractivity contribution in [1.29, 1.82) is 0 Å². The third kappa shape index (κ3) is 2.52. The van der Waals surface area contributed by atoms with Crippen molar-refractivity contribution in [3.8, 4) is 0 Å². The highest BCUT2D eigenvalue weighted by Gasteiger charge is 2.39. The molecule has 84 valence electrons. The Morgan fingerprint density at radius 3 is 2.47 bits per heavy atom. The Kier molecular flexibility index (Phi) is 3.65. The van der Waals surface area contributed by atoms with Gasteiger partial charge in [-0.15, -0.1) is 10.2 Å². The van der Waals surface area contributed by atoms with Gasteiger partial charge in [0.25, 0.3) is 0 Å². The Bertz CT molecular complexity index is 329. The van der Waals surface area contributed by atoms with Crippen LogP contribution >= 0.6 is 33.9 Å². The van der Waals surface area contributed by atoms with Crippen molar-refractivity contribution in [2.24, 2.45) is 5.92 Å². The van der Waals surface area contributed by atoms with E-state index in [0.29, 0.717) is 5.41 Å². The SMILES string of the molecule is CC(C)CC1(c2nnc(I)s2)CCCC1. The highest BCUT2D eigenvalue weighted by atomic mass is 127. The first-order valence-corrected chi connectivity index (χ1v) is 7.51. The fraction of sp³-hybridized carbons (Fsp3) is 0.818. The fourth-order valence-corrected chi connectivity index (χ4v) is 4.32. The molecule has 4 heteroatoms. The molecular formula is C11H17IN2S. The third-order valence-electron chi connectivity index (χ3n) is 3.21. The molecule has 2 nitrogen and oxygen atoms in total. The maximum atomic E-state index is 4.38. The summed E-state index contributed by atoms with van der Waals surface area (Å²) in [7, 11) is 0. The third-order valence-corrected chi connectivity index (χ3v) is 5.05. The number of nitrogens with zero attached hydrogens (tertiary/aromatic N) is 2. The summed E-state index contributed by atoms with van der Waals surface area (Å²) < 4.78 is 1.08. The summed E-state index contributed by atoms with van der Waals surface area (Å²) in [6, 6.07) is 0. The van der Waals surface area contributed by atoms with E-state index in [1.54, 1.807) is 11.3 Å². The lowest BCUT2D eigenvalue weighted by atomic mass is 9.79. The number of aromatic nitrogens is 2. The molecule has 1 fully saturated rings. The first kappa shape index (κ1) is 11.8. The molecular weight excluding hydrogens is 319 g/mol. The van der Waals surface area contributed by atoms with Gasteiger partial charge in [0.15, 0.2) is 3.01 Å². The molecule has 1 saturated carbocycles. The Morgan fingerprint density at radius 2 is 2.00 bits per heavy atom. The normalized spacial score (nSPS) is 20.0. The van der Waals surface area contributed by atoms with Crippen LogP contribution in [0.15, 0.2) is 0 Å². The van der Waals surface area contributed by atoms with E-state index < -0.39 is 0 Å². The lowest BCUT2D eigenvalue weighted by Gasteiger charge is -2.27. The van der Waals surface area contributed by atoms with Gasteiger partial charge in [0.05, 0.1) is 0 Å². The maximum absolute atomic E-state index is 4.38. The summed E-state index contributed by atoms with van der Waals surface area (Å²) in [4.78, 5) is 0. The van der Waals surface area contributed by atoms with Crippen molar-refractivity contribution >= 4 is 33.9 Å². The summed E-state index contributed by atoms with van der Waals surface area (Å²) in [5, 5.41) is 9.84. The van der Waals surface area contributed by atoms with Gasteiger partial charge in [-0.2, -0.15) is 0 Å². The van der Waals surface area contributed by atoms with E-state index in [4.69, 9.17) is 0 Å². The monoisotopic (exact) mass is 336 g/mol. The predicted octanol–water partition coefficient (Wildman–Crippen LogP) is 4.00. The molecule has 0 saturated heterocycles. The van der Waals surface area contributed by atoms with Gasteiger partial charge in [-0.05, 0) is 47.8 Å². The van der Waals surface area contributed by atoms with Crippen LogP contribution in [0.3, 0.4) is 0 Å². The van der Waals surface area contributed by atoms with Crippen molar-refractivity contribution in [1.82, 2.24) is 10.2 Å². The minimum atomic E-state index is 0.370. The number of hydrogen-bond donors (Lipinski definition) is 0. The lowest BCUT2D eigenvalue weighted by molar-refractivity contribution is 0.343. The average Bonchev–Trinajstić information content (AvgIpc) is 2.73. The van der Waals surface area contributed by atoms with E-state index in [0.717, 1.165) is 8.93 Å². The van der Waals surface area contributed by atoms with Crippen LogP contribution in [0.25, 0.3) is 0 Å². The van der Waals surface area contributed by atoms with Crippen LogP contribution in [0.2, 0.25) is 0 Å². The largest absolute Gasteiger partial charge is 0.178 e. The van der Waals surface area contributed by atoms with E-state index >= 15 is 0 Å². The van der Waals surface area contributed by atoms with Gasteiger partial charge >= 0.3 is 0 Å². The molecule has 0 atom stereocenters. The van der Waals surface area contributed by atoms with E-state index in [-0.39, 0.29) is 0 Å². The first-order valence-electron chi connectivity index (χ1n) is 5.62. The van der Waals surface area contributed by atoms with Crippen molar-refractivity contribution in [3.05, 3.63) is 8.02 Å². The molecule has 15 heavy (non-hydrogen) atoms. The molecule has 2 rings (SSSR count). The molecule has 0 bridgehead atoms. The zero-order chi connectivity index (χ0) is 10.9. The molecule has 1 heterocycles. The van der Waals surface area contributed by atoms with Gasteiger partial charge in [-0.1, -0.05) is 38.0 Å². The first-order chi connectivity index (χ1) is 7.12. The number of rotatable bonds is 3. The van der Waals surface area contributed by atoms with E-state index in [9.17, 15) is 0 Å². The minimum absolute atomic E-state index is 0.370. The molecule has 0 amide bonds. The Hall–Kier alpha value is 0.290. The van der Waals surface area contributed by atoms with Crippen LogP contribution in [0, 0.1) is 8.93 Å². The van der Waals surface area contributed by atoms with Crippen LogP contribution in [0.5, 0.6) is 0 Å². The molecule has 1 aliphatic rings. The Morgan fingerprint density at radius 1 is 1.33 bits per heavy atom. The van der Waals surface area contributed by atoms with E-state index in [1.165, 1.54) is 37.1 Å². The molecule has 1 aromatic heterocycles. The maximum Gasteiger partial charge on any atom is 0.178 e. The van der Waals surface area contributed by atoms with Gasteiger partial charge in [0.2, 0.25) is 0 Å². The minimum Gasteiger partial charge on any atom is -0.142 e. The van der Waals surface area contributed by atoms with Crippen molar-refractivity contribution < 1.29 is 0 Å². The van der Waals surface area contributed by atoms with Gasteiger partial charge in [-0.3, -0.25) is 0 Å². The van der Waals surface area contributed by atoms with Gasteiger partial charge < -0.3 is 0 Å². The number of halogens is 1. The van der Waals surface area contributed by atoms with Gasteiger partial charge in [0, 0.05) is 5.41 Å². The van der Waals surface area contributed by atoms with Crippen LogP contribution in [-0.4, -0.2) is 10.2 Å². The molecule has 1 aliphatic carbocycles. The summed E-state index contributed by atoms with van der Waals surface area (Å²) in [6.45, 7) is 4.62. The zero-order valence-corrected chi connectivity index (χ0v) is 12.3. The standard InChI is InChI=1S/C11H17IN2S/c1-8(2)7-11(5-3-4-6-11)9-13-14-10(12)15-9/h8H,3-7H2,1-2H3. The fourth-order valence-electron chi connectivity index (χ4n) is 2.76. The molecule has 0 unspecified atom stereocenters. The smallest absolute Gasteiger partial charge is 0.142 e. The molecule has 0 spiro atoms. The van der Waals surface area contributed by atoms with Crippen molar-refractivity contribution in [2.75, 3.05) is 0 Å². The molecule has 0 aliphatic heterocycles. The second-order valence-corrected chi connectivity index (χ2v) is 7.68. The van der Waals surface area contributed by atoms with E-state index in [1.807, 2.05) is 0 Å². The Balaban J connectivity index is 2.26. The summed E-state index contributed by atoms with van der Waals surface area (Å²) in [5.41, 5.74) is 0.370. The van der Waals surface area contributed by atoms with Crippen LogP contribution in [0.1, 0.15) is 51.0 Å². The van der Waals surface area contributed by atoms with Crippen LogP contribution in [0.4, 0.5) is 0 Å². The van der Waals surface area contributed by atoms with Crippen molar-refractivity contribution in [2.45, 2.75) is 51.4 Å². The summed E-state index contributed by atoms with van der Waals surface area (Å²) in [6.07, 6.45) is 6.64. The van der Waals surface area contributed by atoms with Gasteiger partial charge in [0.1, 0.15) is 5.01 Å². The molecule has 0 N–H and O–H groups in total. The molecule has 0 radical (unpaired) electrons. The second-order valence-electron chi connectivity index (χ2n) is 4.95. The molecule has 1 aromatic rings. The highest BCUT2D eigenvalue weighted by molar-refractivity contribution is 14.1. The van der Waals surface area contributed by atoms with Crippen molar-refractivity contribution in [3.63, 3.8) is 0 Å². The average molecular weight is 336 g/mol. The second kappa shape index (κ2) is 4.65. The van der Waals surface area contributed by atoms with Crippen LogP contribution < -0.4 is 0 Å². The lowest BCUT2D eigenvalue weighted by Crippen LogP contribution is -2.24. The predicted molar refractivity (Wildman–Crippen MR) is 72.2 cm³/mol. The topological polar surface area (TPSA) is 25.8 Å². The number of hydrogen-bond acceptors (Lipinski definition) is 3. The highest BCUT2D eigenvalue weighted by Crippen LogP contribution is 2.46. The summed E-state index contributed by atoms with van der Waals surface area (Å²) in [5.74, 6) is 0.754. The molecule has 0 aromatic carbocycles. The van der Waals surface area contributed by atoms with E-state index in [2.05, 4.69) is 46.6 Å². The summed E-state index contributed by atoms with van der Waals surface area (Å²) >= 11 is 4.06.